The second kappa shape index (κ2) is 13.1. The van der Waals surface area contributed by atoms with Crippen molar-refractivity contribution >= 4 is 21.5 Å². The van der Waals surface area contributed by atoms with E-state index >= 15 is 0 Å². The van der Waals surface area contributed by atoms with Crippen molar-refractivity contribution in [2.75, 3.05) is 0 Å². The average Bonchev–Trinajstić information content (AvgIpc) is 3.61. The van der Waals surface area contributed by atoms with Crippen LogP contribution in [-0.2, 0) is 0 Å². The van der Waals surface area contributed by atoms with Crippen LogP contribution < -0.4 is 0 Å². The highest BCUT2D eigenvalue weighted by molar-refractivity contribution is 6.28. The third-order valence-electron chi connectivity index (χ3n) is 11.2. The Morgan fingerprint density at radius 3 is 1.52 bits per heavy atom. The van der Waals surface area contributed by atoms with E-state index in [0.717, 1.165) is 33.8 Å². The zero-order chi connectivity index (χ0) is 37.0. The van der Waals surface area contributed by atoms with E-state index in [4.69, 9.17) is 9.97 Å². The minimum atomic E-state index is 0.835. The molecule has 3 heteroatoms. The van der Waals surface area contributed by atoms with Crippen molar-refractivity contribution in [3.8, 4) is 89.4 Å². The van der Waals surface area contributed by atoms with Gasteiger partial charge >= 0.3 is 0 Å². The Morgan fingerprint density at radius 1 is 0.286 bits per heavy atom. The maximum atomic E-state index is 4.87. The molecule has 0 unspecified atom stereocenters. The van der Waals surface area contributed by atoms with Crippen LogP contribution in [0.25, 0.3) is 111 Å². The van der Waals surface area contributed by atoms with Crippen LogP contribution in [0.3, 0.4) is 0 Å². The summed E-state index contributed by atoms with van der Waals surface area (Å²) in [6, 6.07) is 65.3. The molecule has 0 atom stereocenters. The highest BCUT2D eigenvalue weighted by Gasteiger charge is 2.31. The van der Waals surface area contributed by atoms with Crippen molar-refractivity contribution in [2.24, 2.45) is 0 Å². The van der Waals surface area contributed by atoms with E-state index in [9.17, 15) is 0 Å². The molecule has 0 radical (unpaired) electrons. The molecule has 7 aromatic carbocycles. The monoisotopic (exact) mass is 711 g/mol. The van der Waals surface area contributed by atoms with Gasteiger partial charge < -0.3 is 0 Å². The molecule has 0 bridgehead atoms. The Kier molecular flexibility index (Phi) is 7.49. The minimum Gasteiger partial charge on any atom is -0.264 e. The first-order valence-corrected chi connectivity index (χ1v) is 19.0. The zero-order valence-electron chi connectivity index (χ0n) is 30.4. The molecular formula is C53H33N3. The van der Waals surface area contributed by atoms with Gasteiger partial charge in [-0.3, -0.25) is 9.97 Å². The van der Waals surface area contributed by atoms with Crippen LogP contribution in [0.2, 0.25) is 0 Å². The maximum absolute atomic E-state index is 4.87. The number of rotatable bonds is 6. The molecule has 0 saturated heterocycles. The van der Waals surface area contributed by atoms with Gasteiger partial charge in [-0.25, -0.2) is 4.98 Å². The van der Waals surface area contributed by atoms with E-state index in [1.54, 1.807) is 6.20 Å². The van der Waals surface area contributed by atoms with Crippen molar-refractivity contribution in [3.05, 3.63) is 201 Å². The first-order chi connectivity index (χ1) is 27.8. The van der Waals surface area contributed by atoms with Gasteiger partial charge in [-0.15, -0.1) is 0 Å². The summed E-state index contributed by atoms with van der Waals surface area (Å²) in [7, 11) is 0. The lowest BCUT2D eigenvalue weighted by molar-refractivity contribution is 1.24. The quantitative estimate of drug-likeness (QED) is 0.172. The molecule has 0 spiro atoms. The lowest BCUT2D eigenvalue weighted by Gasteiger charge is -2.20. The van der Waals surface area contributed by atoms with E-state index in [2.05, 4.69) is 157 Å². The van der Waals surface area contributed by atoms with Crippen LogP contribution in [0.5, 0.6) is 0 Å². The highest BCUT2D eigenvalue weighted by Crippen LogP contribution is 2.58. The van der Waals surface area contributed by atoms with Crippen LogP contribution in [0.15, 0.2) is 201 Å². The number of nitrogens with zero attached hydrogens (tertiary/aromatic N) is 3. The van der Waals surface area contributed by atoms with E-state index in [1.807, 2.05) is 42.7 Å². The zero-order valence-corrected chi connectivity index (χ0v) is 30.4. The Bertz CT molecular complexity index is 2990. The van der Waals surface area contributed by atoms with Crippen LogP contribution in [0.1, 0.15) is 0 Å². The van der Waals surface area contributed by atoms with E-state index in [1.165, 1.54) is 77.2 Å². The molecule has 1 aliphatic carbocycles. The SMILES string of the molecule is c1ccc(-c2c3c(c(-c4ccccc4)c4ccccc24)-c2ccc(-c4ccc(-c5ccc(-c6cccc(-c7cccnc7)n6)nc5)cc4)c4cccc-3c24)cc1. The molecule has 56 heavy (non-hydrogen) atoms. The Hall–Kier alpha value is -7.49. The third kappa shape index (κ3) is 5.17. The van der Waals surface area contributed by atoms with Gasteiger partial charge in [0.05, 0.1) is 17.1 Å². The van der Waals surface area contributed by atoms with Gasteiger partial charge in [-0.2, -0.15) is 0 Å². The van der Waals surface area contributed by atoms with Crippen molar-refractivity contribution in [1.29, 1.82) is 0 Å². The highest BCUT2D eigenvalue weighted by atomic mass is 14.8. The summed E-state index contributed by atoms with van der Waals surface area (Å²) in [5.74, 6) is 0. The molecule has 3 nitrogen and oxygen atoms in total. The second-order valence-corrected chi connectivity index (χ2v) is 14.3. The Balaban J connectivity index is 1.01. The largest absolute Gasteiger partial charge is 0.264 e. The second-order valence-electron chi connectivity index (χ2n) is 14.3. The van der Waals surface area contributed by atoms with Crippen molar-refractivity contribution in [3.63, 3.8) is 0 Å². The normalized spacial score (nSPS) is 11.6. The van der Waals surface area contributed by atoms with Gasteiger partial charge in [-0.1, -0.05) is 152 Å². The molecule has 0 fully saturated rings. The van der Waals surface area contributed by atoms with Gasteiger partial charge in [-0.05, 0) is 113 Å². The Labute approximate surface area is 325 Å². The molecule has 1 aliphatic rings. The molecular weight excluding hydrogens is 679 g/mol. The fraction of sp³-hybridized carbons (Fsp3) is 0. The number of benzene rings is 7. The predicted molar refractivity (Wildman–Crippen MR) is 232 cm³/mol. The van der Waals surface area contributed by atoms with Gasteiger partial charge in [0.15, 0.2) is 0 Å². The van der Waals surface area contributed by atoms with Gasteiger partial charge in [0.25, 0.3) is 0 Å². The van der Waals surface area contributed by atoms with Crippen LogP contribution in [0.4, 0.5) is 0 Å². The molecule has 3 aromatic heterocycles. The van der Waals surface area contributed by atoms with Crippen molar-refractivity contribution in [2.45, 2.75) is 0 Å². The topological polar surface area (TPSA) is 38.7 Å². The predicted octanol–water partition coefficient (Wildman–Crippen LogP) is 13.8. The van der Waals surface area contributed by atoms with Crippen LogP contribution >= 0.6 is 0 Å². The molecule has 11 rings (SSSR count). The summed E-state index contributed by atoms with van der Waals surface area (Å²) >= 11 is 0. The summed E-state index contributed by atoms with van der Waals surface area (Å²) in [6.07, 6.45) is 5.55. The summed E-state index contributed by atoms with van der Waals surface area (Å²) in [5.41, 5.74) is 18.4. The number of hydrogen-bond acceptors (Lipinski definition) is 3. The summed E-state index contributed by atoms with van der Waals surface area (Å²) in [6.45, 7) is 0. The first kappa shape index (κ1) is 32.0. The fourth-order valence-corrected chi connectivity index (χ4v) is 8.67. The average molecular weight is 712 g/mol. The fourth-order valence-electron chi connectivity index (χ4n) is 8.67. The number of hydrogen-bond donors (Lipinski definition) is 0. The smallest absolute Gasteiger partial charge is 0.0893 e. The van der Waals surface area contributed by atoms with Crippen LogP contribution in [-0.4, -0.2) is 15.0 Å². The first-order valence-electron chi connectivity index (χ1n) is 19.0. The van der Waals surface area contributed by atoms with Crippen molar-refractivity contribution < 1.29 is 0 Å². The van der Waals surface area contributed by atoms with Crippen molar-refractivity contribution in [1.82, 2.24) is 15.0 Å². The summed E-state index contributed by atoms with van der Waals surface area (Å²) in [4.78, 5) is 13.9. The molecule has 10 aromatic rings. The number of aromatic nitrogens is 3. The molecule has 0 N–H and O–H groups in total. The lowest BCUT2D eigenvalue weighted by Crippen LogP contribution is -1.93. The standard InChI is InChI=1S/C53H33N3/c1-3-12-36(13-4-1)49-42-17-7-8-18-43(42)50(37-14-5-2-6-15-37)53-45-29-28-40(41-19-9-20-44(51(41)45)52(49)53)35-25-23-34(24-26-35)38-27-30-47(55-33-38)48-22-10-21-46(56-48)39-16-11-31-54-32-39/h1-33H. The molecule has 3 heterocycles. The van der Waals surface area contributed by atoms with E-state index < -0.39 is 0 Å². The number of pyridine rings is 3. The van der Waals surface area contributed by atoms with E-state index in [0.29, 0.717) is 0 Å². The van der Waals surface area contributed by atoms with Crippen LogP contribution in [0, 0.1) is 0 Å². The minimum absolute atomic E-state index is 0.835. The Morgan fingerprint density at radius 2 is 0.857 bits per heavy atom. The van der Waals surface area contributed by atoms with Gasteiger partial charge in [0, 0.05) is 29.7 Å². The van der Waals surface area contributed by atoms with Gasteiger partial charge in [0.1, 0.15) is 0 Å². The van der Waals surface area contributed by atoms with Gasteiger partial charge in [0.2, 0.25) is 0 Å². The van der Waals surface area contributed by atoms with E-state index in [-0.39, 0.29) is 0 Å². The third-order valence-corrected chi connectivity index (χ3v) is 11.2. The molecule has 0 saturated carbocycles. The maximum Gasteiger partial charge on any atom is 0.0893 e. The number of fused-ring (bicyclic) bond motifs is 4. The summed E-state index contributed by atoms with van der Waals surface area (Å²) in [5, 5.41) is 5.12. The lowest BCUT2D eigenvalue weighted by atomic mass is 9.82. The molecule has 260 valence electrons. The molecule has 0 amide bonds. The summed E-state index contributed by atoms with van der Waals surface area (Å²) < 4.78 is 0. The molecule has 0 aliphatic heterocycles.